The molecule has 1 aliphatic carbocycles. The lowest BCUT2D eigenvalue weighted by Gasteiger charge is -2.46. The molecule has 0 spiro atoms. The van der Waals surface area contributed by atoms with Crippen LogP contribution in [0, 0.1) is 6.92 Å². The summed E-state index contributed by atoms with van der Waals surface area (Å²) in [5.41, 5.74) is -0.139. The third-order valence-electron chi connectivity index (χ3n) is 9.32. The summed E-state index contributed by atoms with van der Waals surface area (Å²) in [6, 6.07) is 7.71. The summed E-state index contributed by atoms with van der Waals surface area (Å²) in [5.74, 6) is -0.281. The fourth-order valence-corrected chi connectivity index (χ4v) is 8.27. The van der Waals surface area contributed by atoms with E-state index in [-0.39, 0.29) is 24.9 Å². The van der Waals surface area contributed by atoms with Gasteiger partial charge in [0.25, 0.3) is 5.91 Å². The maximum atomic E-state index is 14.4. The number of aliphatic hydroxyl groups is 1. The van der Waals surface area contributed by atoms with Crippen molar-refractivity contribution in [1.82, 2.24) is 19.9 Å². The third-order valence-corrected chi connectivity index (χ3v) is 10.6. The number of thiophene rings is 1. The van der Waals surface area contributed by atoms with Gasteiger partial charge in [-0.25, -0.2) is 4.79 Å². The zero-order valence-electron chi connectivity index (χ0n) is 26.8. The molecule has 13 heteroatoms. The van der Waals surface area contributed by atoms with Gasteiger partial charge in [0.2, 0.25) is 6.35 Å². The Morgan fingerprint density at radius 2 is 1.80 bits per heavy atom. The van der Waals surface area contributed by atoms with Crippen molar-refractivity contribution in [3.63, 3.8) is 0 Å². The van der Waals surface area contributed by atoms with E-state index in [1.54, 1.807) is 45.2 Å². The SMILES string of the molecule is COc1ccccc1[C@H](CN1c2sc(-n3nccn3)c(C)c2C(=O)N(C2(C(=O)OC(C)(C)C)CC2)C1O)OC1C[C@H]2CC[C@@H](C1)O2. The minimum Gasteiger partial charge on any atom is -0.496 e. The van der Waals surface area contributed by atoms with Crippen LogP contribution >= 0.6 is 11.3 Å². The number of aromatic nitrogens is 3. The molecule has 3 fully saturated rings. The molecule has 2 unspecified atom stereocenters. The second-order valence-electron chi connectivity index (χ2n) is 13.7. The molecule has 0 radical (unpaired) electrons. The Morgan fingerprint density at radius 3 is 2.43 bits per heavy atom. The fraction of sp³-hybridized carbons (Fsp3) is 0.576. The predicted molar refractivity (Wildman–Crippen MR) is 169 cm³/mol. The van der Waals surface area contributed by atoms with Crippen LogP contribution in [0.2, 0.25) is 0 Å². The summed E-state index contributed by atoms with van der Waals surface area (Å²) in [6.45, 7) is 7.41. The van der Waals surface area contributed by atoms with Gasteiger partial charge in [0.15, 0.2) is 0 Å². The van der Waals surface area contributed by atoms with Crippen molar-refractivity contribution in [3.8, 4) is 10.8 Å². The Kier molecular flexibility index (Phi) is 7.86. The number of hydrogen-bond donors (Lipinski definition) is 1. The number of amides is 1. The molecule has 46 heavy (non-hydrogen) atoms. The number of carbonyl (C=O) groups is 2. The molecule has 5 atom stereocenters. The average Bonchev–Trinajstić information content (AvgIpc) is 3.29. The number of rotatable bonds is 9. The van der Waals surface area contributed by atoms with Gasteiger partial charge in [-0.05, 0) is 72.3 Å². The molecular weight excluding hydrogens is 610 g/mol. The lowest BCUT2D eigenvalue weighted by atomic mass is 10.0. The molecule has 1 amide bonds. The van der Waals surface area contributed by atoms with Crippen molar-refractivity contribution in [2.24, 2.45) is 0 Å². The molecule has 2 bridgehead atoms. The number of anilines is 1. The van der Waals surface area contributed by atoms with Crippen LogP contribution in [0.15, 0.2) is 36.7 Å². The Labute approximate surface area is 272 Å². The lowest BCUT2D eigenvalue weighted by Crippen LogP contribution is -2.63. The molecule has 2 saturated heterocycles. The zero-order valence-corrected chi connectivity index (χ0v) is 27.7. The van der Waals surface area contributed by atoms with E-state index in [0.29, 0.717) is 39.7 Å². The summed E-state index contributed by atoms with van der Waals surface area (Å²) >= 11 is 1.32. The first kappa shape index (κ1) is 31.1. The Balaban J connectivity index is 1.31. The highest BCUT2D eigenvalue weighted by Crippen LogP contribution is 2.52. The van der Waals surface area contributed by atoms with Crippen LogP contribution in [0.3, 0.4) is 0 Å². The molecule has 246 valence electrons. The first-order valence-corrected chi connectivity index (χ1v) is 16.8. The van der Waals surface area contributed by atoms with Gasteiger partial charge in [0.1, 0.15) is 33.0 Å². The van der Waals surface area contributed by atoms with Crippen LogP contribution in [0.1, 0.15) is 86.9 Å². The van der Waals surface area contributed by atoms with Gasteiger partial charge in [0, 0.05) is 11.1 Å². The van der Waals surface area contributed by atoms with E-state index in [1.165, 1.54) is 21.0 Å². The predicted octanol–water partition coefficient (Wildman–Crippen LogP) is 4.53. The smallest absolute Gasteiger partial charge is 0.332 e. The summed E-state index contributed by atoms with van der Waals surface area (Å²) in [7, 11) is 1.63. The van der Waals surface area contributed by atoms with Crippen LogP contribution < -0.4 is 9.64 Å². The quantitative estimate of drug-likeness (QED) is 0.330. The van der Waals surface area contributed by atoms with E-state index in [2.05, 4.69) is 10.2 Å². The van der Waals surface area contributed by atoms with E-state index in [4.69, 9.17) is 18.9 Å². The van der Waals surface area contributed by atoms with Gasteiger partial charge in [-0.3, -0.25) is 9.69 Å². The first-order chi connectivity index (χ1) is 22.0. The monoisotopic (exact) mass is 651 g/mol. The normalized spacial score (nSPS) is 25.7. The van der Waals surface area contributed by atoms with Crippen LogP contribution in [0.4, 0.5) is 5.00 Å². The summed E-state index contributed by atoms with van der Waals surface area (Å²) < 4.78 is 24.6. The molecule has 1 aromatic carbocycles. The standard InChI is InChI=1S/C33H41N5O7S/c1-19-26-27(39)37(33(12-13-33)30(40)45-32(2,3)4)31(41)36(29(26)46-28(19)38-34-14-15-35-38)18-25(23-8-6-7-9-24(23)42-5)44-22-16-20-10-11-21(17-22)43-20/h6-9,14-15,20-22,25,31,41H,10-13,16-18H2,1-5H3/t20-,21+,22?,25-,31?/m0/s1. The van der Waals surface area contributed by atoms with Gasteiger partial charge >= 0.3 is 5.97 Å². The van der Waals surface area contributed by atoms with Crippen molar-refractivity contribution in [2.75, 3.05) is 18.6 Å². The largest absolute Gasteiger partial charge is 0.496 e. The zero-order chi connectivity index (χ0) is 32.4. The number of hydrogen-bond acceptors (Lipinski definition) is 11. The number of aliphatic hydroxyl groups excluding tert-OH is 1. The number of nitrogens with zero attached hydrogens (tertiary/aromatic N) is 5. The van der Waals surface area contributed by atoms with Crippen LogP contribution in [0.5, 0.6) is 5.75 Å². The molecule has 3 aliphatic heterocycles. The van der Waals surface area contributed by atoms with Crippen molar-refractivity contribution in [2.45, 2.75) is 108 Å². The molecule has 3 aromatic rings. The van der Waals surface area contributed by atoms with E-state index in [1.807, 2.05) is 31.2 Å². The minimum atomic E-state index is -1.46. The highest BCUT2D eigenvalue weighted by atomic mass is 32.1. The Morgan fingerprint density at radius 1 is 1.13 bits per heavy atom. The van der Waals surface area contributed by atoms with Crippen molar-refractivity contribution in [3.05, 3.63) is 53.3 Å². The highest BCUT2D eigenvalue weighted by molar-refractivity contribution is 7.19. The van der Waals surface area contributed by atoms with E-state index < -0.39 is 35.5 Å². The van der Waals surface area contributed by atoms with Crippen molar-refractivity contribution in [1.29, 1.82) is 0 Å². The van der Waals surface area contributed by atoms with Gasteiger partial charge in [-0.1, -0.05) is 29.5 Å². The van der Waals surface area contributed by atoms with Gasteiger partial charge in [-0.2, -0.15) is 10.2 Å². The topological polar surface area (TPSA) is 128 Å². The fourth-order valence-electron chi connectivity index (χ4n) is 7.03. The van der Waals surface area contributed by atoms with E-state index in [0.717, 1.165) is 31.2 Å². The summed E-state index contributed by atoms with van der Waals surface area (Å²) in [6.07, 6.45) is 5.87. The minimum absolute atomic E-state index is 0.0502. The number of fused-ring (bicyclic) bond motifs is 3. The van der Waals surface area contributed by atoms with Crippen LogP contribution in [-0.2, 0) is 19.0 Å². The lowest BCUT2D eigenvalue weighted by molar-refractivity contribution is -0.166. The maximum Gasteiger partial charge on any atom is 0.332 e. The van der Waals surface area contributed by atoms with Crippen molar-refractivity contribution >= 4 is 28.2 Å². The van der Waals surface area contributed by atoms with Crippen LogP contribution in [-0.4, -0.2) is 86.3 Å². The number of carbonyl (C=O) groups excluding carboxylic acids is 2. The number of para-hydroxylation sites is 1. The van der Waals surface area contributed by atoms with Crippen molar-refractivity contribution < 1.29 is 33.6 Å². The number of ether oxygens (including phenoxy) is 4. The van der Waals surface area contributed by atoms with E-state index in [9.17, 15) is 14.7 Å². The maximum absolute atomic E-state index is 14.4. The molecular formula is C33H41N5O7S. The molecule has 12 nitrogen and oxygen atoms in total. The molecule has 1 N–H and O–H groups in total. The summed E-state index contributed by atoms with van der Waals surface area (Å²) in [5, 5.41) is 22.1. The highest BCUT2D eigenvalue weighted by Gasteiger charge is 2.63. The number of benzene rings is 1. The number of methoxy groups -OCH3 is 1. The Bertz CT molecular complexity index is 1600. The average molecular weight is 652 g/mol. The first-order valence-electron chi connectivity index (χ1n) is 15.9. The molecule has 7 rings (SSSR count). The third kappa shape index (κ3) is 5.46. The second kappa shape index (κ2) is 11.6. The molecule has 2 aromatic heterocycles. The molecule has 1 saturated carbocycles. The van der Waals surface area contributed by atoms with E-state index >= 15 is 0 Å². The summed E-state index contributed by atoms with van der Waals surface area (Å²) in [4.78, 5) is 32.6. The number of esters is 1. The van der Waals surface area contributed by atoms with Gasteiger partial charge < -0.3 is 29.0 Å². The second-order valence-corrected chi connectivity index (χ2v) is 14.6. The van der Waals surface area contributed by atoms with Crippen LogP contribution in [0.25, 0.3) is 5.00 Å². The van der Waals surface area contributed by atoms with Gasteiger partial charge in [-0.15, -0.1) is 4.80 Å². The Hall–Kier alpha value is -3.52. The van der Waals surface area contributed by atoms with Gasteiger partial charge in [0.05, 0.1) is 49.9 Å². The molecule has 4 aliphatic rings. The molecule has 5 heterocycles.